The Morgan fingerprint density at radius 3 is 2.67 bits per heavy atom. The summed E-state index contributed by atoms with van der Waals surface area (Å²) in [5.74, 6) is 2.51. The molecule has 0 aliphatic carbocycles. The van der Waals surface area contributed by atoms with E-state index in [4.69, 9.17) is 14.2 Å². The number of hydrogen-bond acceptors (Lipinski definition) is 5. The van der Waals surface area contributed by atoms with Crippen molar-refractivity contribution in [2.24, 2.45) is 4.99 Å². The summed E-state index contributed by atoms with van der Waals surface area (Å²) in [5, 5.41) is 6.90. The van der Waals surface area contributed by atoms with Gasteiger partial charge < -0.3 is 29.7 Å². The minimum Gasteiger partial charge on any atom is -0.497 e. The summed E-state index contributed by atoms with van der Waals surface area (Å²) in [7, 11) is 5.23. The number of methoxy groups -OCH3 is 2. The molecule has 7 nitrogen and oxygen atoms in total. The molecule has 1 heterocycles. The largest absolute Gasteiger partial charge is 0.497 e. The lowest BCUT2D eigenvalue weighted by molar-refractivity contribution is 0.128. The highest BCUT2D eigenvalue weighted by atomic mass is 16.5. The van der Waals surface area contributed by atoms with Gasteiger partial charge in [-0.05, 0) is 31.4 Å². The number of ether oxygens (including phenoxy) is 3. The summed E-state index contributed by atoms with van der Waals surface area (Å²) in [6.45, 7) is 5.49. The number of piperidine rings is 1. The third kappa shape index (κ3) is 8.05. The zero-order chi connectivity index (χ0) is 19.3. The van der Waals surface area contributed by atoms with Gasteiger partial charge in [-0.25, -0.2) is 0 Å². The highest BCUT2D eigenvalue weighted by Gasteiger charge is 2.19. The number of nitrogens with one attached hydrogen (secondary N) is 2. The fraction of sp³-hybridized carbons (Fsp3) is 0.650. The lowest BCUT2D eigenvalue weighted by atomic mass is 10.1. The van der Waals surface area contributed by atoms with Crippen LogP contribution in [0.1, 0.15) is 19.3 Å². The van der Waals surface area contributed by atoms with Gasteiger partial charge >= 0.3 is 0 Å². The fourth-order valence-electron chi connectivity index (χ4n) is 3.07. The zero-order valence-corrected chi connectivity index (χ0v) is 16.9. The van der Waals surface area contributed by atoms with Gasteiger partial charge in [0.05, 0.1) is 20.3 Å². The van der Waals surface area contributed by atoms with Gasteiger partial charge in [0.15, 0.2) is 5.96 Å². The molecule has 0 atom stereocenters. The Morgan fingerprint density at radius 1 is 1.19 bits per heavy atom. The van der Waals surface area contributed by atoms with E-state index < -0.39 is 0 Å². The topological polar surface area (TPSA) is 67.4 Å². The van der Waals surface area contributed by atoms with Crippen molar-refractivity contribution >= 4 is 5.96 Å². The Labute approximate surface area is 163 Å². The Bertz CT molecular complexity index is 560. The van der Waals surface area contributed by atoms with Crippen molar-refractivity contribution in [1.82, 2.24) is 15.5 Å². The van der Waals surface area contributed by atoms with Crippen molar-refractivity contribution in [1.29, 1.82) is 0 Å². The highest BCUT2D eigenvalue weighted by Crippen LogP contribution is 2.18. The Kier molecular flexibility index (Phi) is 9.79. The van der Waals surface area contributed by atoms with Crippen LogP contribution in [0.3, 0.4) is 0 Å². The van der Waals surface area contributed by atoms with E-state index in [1.54, 1.807) is 14.2 Å². The van der Waals surface area contributed by atoms with Gasteiger partial charge in [0.25, 0.3) is 0 Å². The van der Waals surface area contributed by atoms with Gasteiger partial charge in [0, 0.05) is 52.4 Å². The minimum absolute atomic E-state index is 0.475. The van der Waals surface area contributed by atoms with E-state index >= 15 is 0 Å². The van der Waals surface area contributed by atoms with Crippen LogP contribution in [-0.4, -0.2) is 77.6 Å². The van der Waals surface area contributed by atoms with Crippen molar-refractivity contribution < 1.29 is 14.2 Å². The first-order valence-electron chi connectivity index (χ1n) is 9.70. The SMILES string of the molecule is CN=C(NCCCOc1cccc(OC)c1)NC1CCN(CCOC)CC1. The van der Waals surface area contributed by atoms with Crippen LogP contribution < -0.4 is 20.1 Å². The molecule has 1 aliphatic heterocycles. The lowest BCUT2D eigenvalue weighted by Crippen LogP contribution is -2.49. The molecule has 0 aromatic heterocycles. The summed E-state index contributed by atoms with van der Waals surface area (Å²) in [5.41, 5.74) is 0. The summed E-state index contributed by atoms with van der Waals surface area (Å²) >= 11 is 0. The standard InChI is InChI=1S/C20H34N4O3/c1-21-20(23-17-8-11-24(12-9-17)13-15-25-2)22-10-5-14-27-19-7-4-6-18(16-19)26-3/h4,6-7,16-17H,5,8-15H2,1-3H3,(H2,21,22,23). The summed E-state index contributed by atoms with van der Waals surface area (Å²) in [6.07, 6.45) is 3.15. The smallest absolute Gasteiger partial charge is 0.191 e. The number of aliphatic imine (C=N–C) groups is 1. The average Bonchev–Trinajstić information content (AvgIpc) is 2.72. The molecule has 0 bridgehead atoms. The molecule has 152 valence electrons. The first-order valence-corrected chi connectivity index (χ1v) is 9.70. The third-order valence-electron chi connectivity index (χ3n) is 4.69. The molecule has 1 aromatic rings. The van der Waals surface area contributed by atoms with Crippen LogP contribution in [0, 0.1) is 0 Å². The van der Waals surface area contributed by atoms with E-state index in [1.807, 2.05) is 31.3 Å². The molecule has 27 heavy (non-hydrogen) atoms. The van der Waals surface area contributed by atoms with Gasteiger partial charge in [0.1, 0.15) is 11.5 Å². The molecule has 0 radical (unpaired) electrons. The third-order valence-corrected chi connectivity index (χ3v) is 4.69. The van der Waals surface area contributed by atoms with Crippen molar-refractivity contribution in [2.75, 3.05) is 60.7 Å². The van der Waals surface area contributed by atoms with Crippen molar-refractivity contribution in [3.63, 3.8) is 0 Å². The van der Waals surface area contributed by atoms with Crippen molar-refractivity contribution in [3.05, 3.63) is 24.3 Å². The average molecular weight is 379 g/mol. The monoisotopic (exact) mass is 378 g/mol. The van der Waals surface area contributed by atoms with Gasteiger partial charge in [-0.1, -0.05) is 6.07 Å². The Hall–Kier alpha value is -1.99. The van der Waals surface area contributed by atoms with E-state index in [2.05, 4.69) is 20.5 Å². The van der Waals surface area contributed by atoms with Crippen molar-refractivity contribution in [3.8, 4) is 11.5 Å². The number of benzene rings is 1. The Morgan fingerprint density at radius 2 is 1.96 bits per heavy atom. The molecular weight excluding hydrogens is 344 g/mol. The molecule has 0 unspecified atom stereocenters. The molecule has 1 fully saturated rings. The van der Waals surface area contributed by atoms with E-state index in [0.29, 0.717) is 12.6 Å². The van der Waals surface area contributed by atoms with E-state index in [9.17, 15) is 0 Å². The first kappa shape index (κ1) is 21.3. The van der Waals surface area contributed by atoms with Crippen LogP contribution >= 0.6 is 0 Å². The normalized spacial score (nSPS) is 16.2. The number of rotatable bonds is 10. The maximum absolute atomic E-state index is 5.76. The molecule has 0 saturated carbocycles. The number of hydrogen-bond donors (Lipinski definition) is 2. The second kappa shape index (κ2) is 12.4. The second-order valence-corrected chi connectivity index (χ2v) is 6.63. The molecule has 2 N–H and O–H groups in total. The zero-order valence-electron chi connectivity index (χ0n) is 16.9. The van der Waals surface area contributed by atoms with Crippen LogP contribution in [0.15, 0.2) is 29.3 Å². The van der Waals surface area contributed by atoms with Crippen LogP contribution in [0.5, 0.6) is 11.5 Å². The predicted molar refractivity (Wildman–Crippen MR) is 109 cm³/mol. The number of nitrogens with zero attached hydrogens (tertiary/aromatic N) is 2. The second-order valence-electron chi connectivity index (χ2n) is 6.63. The maximum atomic E-state index is 5.76. The van der Waals surface area contributed by atoms with Crippen LogP contribution in [0.2, 0.25) is 0 Å². The van der Waals surface area contributed by atoms with Crippen LogP contribution in [0.25, 0.3) is 0 Å². The number of guanidine groups is 1. The molecule has 1 aromatic carbocycles. The summed E-state index contributed by atoms with van der Waals surface area (Å²) < 4.78 is 16.1. The molecule has 7 heteroatoms. The molecule has 0 spiro atoms. The minimum atomic E-state index is 0.475. The van der Waals surface area contributed by atoms with E-state index in [1.165, 1.54) is 0 Å². The molecule has 2 rings (SSSR count). The van der Waals surface area contributed by atoms with Gasteiger partial charge in [-0.15, -0.1) is 0 Å². The number of likely N-dealkylation sites (tertiary alicyclic amines) is 1. The predicted octanol–water partition coefficient (Wildman–Crippen LogP) is 1.74. The molecule has 1 aliphatic rings. The van der Waals surface area contributed by atoms with E-state index in [-0.39, 0.29) is 0 Å². The quantitative estimate of drug-likeness (QED) is 0.367. The molecule has 1 saturated heterocycles. The fourth-order valence-corrected chi connectivity index (χ4v) is 3.07. The van der Waals surface area contributed by atoms with Gasteiger partial charge in [-0.3, -0.25) is 4.99 Å². The van der Waals surface area contributed by atoms with Gasteiger partial charge in [-0.2, -0.15) is 0 Å². The highest BCUT2D eigenvalue weighted by molar-refractivity contribution is 5.79. The lowest BCUT2D eigenvalue weighted by Gasteiger charge is -2.32. The van der Waals surface area contributed by atoms with Gasteiger partial charge in [0.2, 0.25) is 0 Å². The maximum Gasteiger partial charge on any atom is 0.191 e. The Balaban J connectivity index is 1.59. The van der Waals surface area contributed by atoms with E-state index in [0.717, 1.165) is 69.5 Å². The summed E-state index contributed by atoms with van der Waals surface area (Å²) in [6, 6.07) is 8.15. The van der Waals surface area contributed by atoms with Crippen molar-refractivity contribution in [2.45, 2.75) is 25.3 Å². The summed E-state index contributed by atoms with van der Waals surface area (Å²) in [4.78, 5) is 6.78. The molecule has 0 amide bonds. The van der Waals surface area contributed by atoms with Crippen LogP contribution in [0.4, 0.5) is 0 Å². The van der Waals surface area contributed by atoms with Crippen LogP contribution in [-0.2, 0) is 4.74 Å². The molecular formula is C20H34N4O3. The first-order chi connectivity index (χ1) is 13.2.